The Morgan fingerprint density at radius 2 is 1.65 bits per heavy atom. The van der Waals surface area contributed by atoms with Crippen molar-refractivity contribution in [2.75, 3.05) is 0 Å². The van der Waals surface area contributed by atoms with E-state index in [2.05, 4.69) is 4.98 Å². The molecule has 1 aromatic heterocycles. The van der Waals surface area contributed by atoms with Crippen molar-refractivity contribution >= 4 is 0 Å². The van der Waals surface area contributed by atoms with E-state index in [-0.39, 0.29) is 5.56 Å². The van der Waals surface area contributed by atoms with Crippen LogP contribution in [0.3, 0.4) is 0 Å². The van der Waals surface area contributed by atoms with Crippen LogP contribution in [-0.4, -0.2) is 4.98 Å². The quantitative estimate of drug-likeness (QED) is 0.690. The SMILES string of the molecule is Fc1ccccc1-c1ncccc1C(F)(F)F. The van der Waals surface area contributed by atoms with Crippen molar-refractivity contribution in [3.8, 4) is 11.3 Å². The molecule has 17 heavy (non-hydrogen) atoms. The third-order valence-electron chi connectivity index (χ3n) is 2.24. The van der Waals surface area contributed by atoms with Gasteiger partial charge >= 0.3 is 6.18 Å². The zero-order valence-electron chi connectivity index (χ0n) is 8.50. The molecule has 0 saturated carbocycles. The predicted molar refractivity (Wildman–Crippen MR) is 54.6 cm³/mol. The summed E-state index contributed by atoms with van der Waals surface area (Å²) in [7, 11) is 0. The maximum Gasteiger partial charge on any atom is 0.418 e. The first-order chi connectivity index (χ1) is 8.00. The number of rotatable bonds is 1. The Kier molecular flexibility index (Phi) is 2.83. The van der Waals surface area contributed by atoms with E-state index in [0.717, 1.165) is 12.1 Å². The molecular formula is C12H7F4N. The molecule has 0 radical (unpaired) electrons. The average Bonchev–Trinajstić information content (AvgIpc) is 2.28. The molecule has 0 atom stereocenters. The van der Waals surface area contributed by atoms with Crippen molar-refractivity contribution in [3.63, 3.8) is 0 Å². The molecule has 5 heteroatoms. The van der Waals surface area contributed by atoms with E-state index in [1.165, 1.54) is 30.5 Å². The van der Waals surface area contributed by atoms with Gasteiger partial charge < -0.3 is 0 Å². The first kappa shape index (κ1) is 11.6. The van der Waals surface area contributed by atoms with Crippen LogP contribution in [0.5, 0.6) is 0 Å². The van der Waals surface area contributed by atoms with Crippen molar-refractivity contribution in [2.24, 2.45) is 0 Å². The molecular weight excluding hydrogens is 234 g/mol. The smallest absolute Gasteiger partial charge is 0.256 e. The highest BCUT2D eigenvalue weighted by Gasteiger charge is 2.34. The van der Waals surface area contributed by atoms with Crippen molar-refractivity contribution in [1.29, 1.82) is 0 Å². The fourth-order valence-electron chi connectivity index (χ4n) is 1.50. The maximum atomic E-state index is 13.4. The number of benzene rings is 1. The molecule has 0 saturated heterocycles. The molecule has 1 aromatic carbocycles. The van der Waals surface area contributed by atoms with Crippen LogP contribution in [0.25, 0.3) is 11.3 Å². The van der Waals surface area contributed by atoms with Crippen LogP contribution in [0.4, 0.5) is 17.6 Å². The molecule has 0 N–H and O–H groups in total. The van der Waals surface area contributed by atoms with E-state index >= 15 is 0 Å². The summed E-state index contributed by atoms with van der Waals surface area (Å²) in [6, 6.07) is 7.31. The second-order valence-corrected chi connectivity index (χ2v) is 3.38. The van der Waals surface area contributed by atoms with Gasteiger partial charge in [0.1, 0.15) is 5.82 Å². The number of nitrogens with zero attached hydrogens (tertiary/aromatic N) is 1. The van der Waals surface area contributed by atoms with Gasteiger partial charge in [0.25, 0.3) is 0 Å². The molecule has 0 aliphatic rings. The molecule has 0 amide bonds. The summed E-state index contributed by atoms with van der Waals surface area (Å²) in [5.41, 5.74) is -1.48. The fourth-order valence-corrected chi connectivity index (χ4v) is 1.50. The van der Waals surface area contributed by atoms with Crippen LogP contribution < -0.4 is 0 Å². The van der Waals surface area contributed by atoms with Gasteiger partial charge in [0.15, 0.2) is 0 Å². The highest BCUT2D eigenvalue weighted by Crippen LogP contribution is 2.36. The lowest BCUT2D eigenvalue weighted by atomic mass is 10.1. The molecule has 1 heterocycles. The molecule has 0 unspecified atom stereocenters. The zero-order valence-corrected chi connectivity index (χ0v) is 8.50. The van der Waals surface area contributed by atoms with Crippen molar-refractivity contribution < 1.29 is 17.6 Å². The third kappa shape index (κ3) is 2.27. The topological polar surface area (TPSA) is 12.9 Å². The molecule has 0 aliphatic carbocycles. The highest BCUT2D eigenvalue weighted by molar-refractivity contribution is 5.64. The largest absolute Gasteiger partial charge is 0.418 e. The first-order valence-corrected chi connectivity index (χ1v) is 4.77. The first-order valence-electron chi connectivity index (χ1n) is 4.77. The van der Waals surface area contributed by atoms with Crippen LogP contribution in [0.15, 0.2) is 42.6 Å². The Bertz CT molecular complexity index is 534. The summed E-state index contributed by atoms with van der Waals surface area (Å²) in [6.07, 6.45) is -3.34. The van der Waals surface area contributed by atoms with Gasteiger partial charge in [-0.1, -0.05) is 12.1 Å². The van der Waals surface area contributed by atoms with Gasteiger partial charge in [-0.3, -0.25) is 4.98 Å². The lowest BCUT2D eigenvalue weighted by molar-refractivity contribution is -0.137. The monoisotopic (exact) mass is 241 g/mol. The van der Waals surface area contributed by atoms with Crippen LogP contribution in [0, 0.1) is 5.82 Å². The molecule has 0 bridgehead atoms. The number of halogens is 4. The lowest BCUT2D eigenvalue weighted by Gasteiger charge is -2.11. The summed E-state index contributed by atoms with van der Waals surface area (Å²) < 4.78 is 51.5. The summed E-state index contributed by atoms with van der Waals surface area (Å²) in [4.78, 5) is 3.62. The fraction of sp³-hybridized carbons (Fsp3) is 0.0833. The molecule has 2 aromatic rings. The number of alkyl halides is 3. The van der Waals surface area contributed by atoms with Gasteiger partial charge in [0, 0.05) is 11.8 Å². The Morgan fingerprint density at radius 3 is 2.29 bits per heavy atom. The minimum atomic E-state index is -4.55. The molecule has 0 aliphatic heterocycles. The van der Waals surface area contributed by atoms with Crippen LogP contribution in [0.2, 0.25) is 0 Å². The number of aromatic nitrogens is 1. The van der Waals surface area contributed by atoms with Gasteiger partial charge in [-0.05, 0) is 24.3 Å². The summed E-state index contributed by atoms with van der Waals surface area (Å²) >= 11 is 0. The molecule has 1 nitrogen and oxygen atoms in total. The van der Waals surface area contributed by atoms with Gasteiger partial charge in [0.2, 0.25) is 0 Å². The van der Waals surface area contributed by atoms with Crippen LogP contribution in [0.1, 0.15) is 5.56 Å². The van der Waals surface area contributed by atoms with Crippen LogP contribution in [-0.2, 0) is 6.18 Å². The number of hydrogen-bond donors (Lipinski definition) is 0. The summed E-state index contributed by atoms with van der Waals surface area (Å²) in [5.74, 6) is -0.725. The van der Waals surface area contributed by atoms with E-state index in [1.807, 2.05) is 0 Å². The average molecular weight is 241 g/mol. The van der Waals surface area contributed by atoms with Crippen molar-refractivity contribution in [3.05, 3.63) is 54.0 Å². The van der Waals surface area contributed by atoms with Crippen molar-refractivity contribution in [1.82, 2.24) is 4.98 Å². The Hall–Kier alpha value is -1.91. The molecule has 88 valence electrons. The maximum absolute atomic E-state index is 13.4. The second-order valence-electron chi connectivity index (χ2n) is 3.38. The van der Waals surface area contributed by atoms with Gasteiger partial charge in [-0.25, -0.2) is 4.39 Å². The minimum Gasteiger partial charge on any atom is -0.256 e. The van der Waals surface area contributed by atoms with E-state index in [9.17, 15) is 17.6 Å². The zero-order chi connectivity index (χ0) is 12.5. The van der Waals surface area contributed by atoms with E-state index in [0.29, 0.717) is 0 Å². The number of pyridine rings is 1. The lowest BCUT2D eigenvalue weighted by Crippen LogP contribution is -2.08. The highest BCUT2D eigenvalue weighted by atomic mass is 19.4. The standard InChI is InChI=1S/C12H7F4N/c13-10-6-2-1-4-8(10)11-9(12(14,15)16)5-3-7-17-11/h1-7H. The van der Waals surface area contributed by atoms with E-state index in [4.69, 9.17) is 0 Å². The Balaban J connectivity index is 2.65. The minimum absolute atomic E-state index is 0.152. The summed E-state index contributed by atoms with van der Waals surface area (Å²) in [6.45, 7) is 0. The Labute approximate surface area is 94.7 Å². The normalized spacial score (nSPS) is 11.5. The second kappa shape index (κ2) is 4.16. The molecule has 0 fully saturated rings. The van der Waals surface area contributed by atoms with E-state index in [1.54, 1.807) is 0 Å². The van der Waals surface area contributed by atoms with Gasteiger partial charge in [0.05, 0.1) is 11.3 Å². The van der Waals surface area contributed by atoms with Gasteiger partial charge in [-0.2, -0.15) is 13.2 Å². The van der Waals surface area contributed by atoms with E-state index < -0.39 is 23.3 Å². The van der Waals surface area contributed by atoms with Crippen LogP contribution >= 0.6 is 0 Å². The summed E-state index contributed by atoms with van der Waals surface area (Å²) in [5, 5.41) is 0. The predicted octanol–water partition coefficient (Wildman–Crippen LogP) is 3.91. The third-order valence-corrected chi connectivity index (χ3v) is 2.24. The molecule has 0 spiro atoms. The number of hydrogen-bond acceptors (Lipinski definition) is 1. The van der Waals surface area contributed by atoms with Gasteiger partial charge in [-0.15, -0.1) is 0 Å². The Morgan fingerprint density at radius 1 is 0.941 bits per heavy atom. The molecule has 2 rings (SSSR count). The van der Waals surface area contributed by atoms with Crippen molar-refractivity contribution in [2.45, 2.75) is 6.18 Å².